The number of carbonyl (C=O) groups excluding carboxylic acids is 2. The second kappa shape index (κ2) is 15.3. The van der Waals surface area contributed by atoms with E-state index in [9.17, 15) is 14.7 Å². The fraction of sp³-hybridized carbons (Fsp3) is 0.268. The first-order valence-electron chi connectivity index (χ1n) is 17.9. The summed E-state index contributed by atoms with van der Waals surface area (Å²) in [6.45, 7) is 9.44. The maximum Gasteiger partial charge on any atom is 0.324 e. The van der Waals surface area contributed by atoms with Crippen LogP contribution in [0.5, 0.6) is 5.75 Å². The number of nitrogens with zero attached hydrogens (tertiary/aromatic N) is 6. The van der Waals surface area contributed by atoms with Gasteiger partial charge in [0.15, 0.2) is 0 Å². The molecule has 0 saturated carbocycles. The number of aryl methyl sites for hydroxylation is 1. The van der Waals surface area contributed by atoms with Crippen LogP contribution >= 0.6 is 0 Å². The van der Waals surface area contributed by atoms with E-state index in [0.717, 1.165) is 39.7 Å². The highest BCUT2D eigenvalue weighted by molar-refractivity contribution is 6.07. The Kier molecular flexibility index (Phi) is 10.2. The number of fused-ring (bicyclic) bond motifs is 1. The Labute approximate surface area is 313 Å². The highest BCUT2D eigenvalue weighted by Gasteiger charge is 2.25. The molecular formula is C41H43N9O4. The lowest BCUT2D eigenvalue weighted by atomic mass is 9.92. The van der Waals surface area contributed by atoms with E-state index in [2.05, 4.69) is 51.7 Å². The van der Waals surface area contributed by atoms with Crippen LogP contribution in [-0.4, -0.2) is 65.9 Å². The molecule has 3 amide bonds. The number of hydrogen-bond acceptors (Lipinski definition) is 9. The molecule has 276 valence electrons. The van der Waals surface area contributed by atoms with Gasteiger partial charge in [0.1, 0.15) is 35.5 Å². The van der Waals surface area contributed by atoms with Gasteiger partial charge in [0.25, 0.3) is 5.91 Å². The second-order valence-electron chi connectivity index (χ2n) is 14.4. The molecule has 1 atom stereocenters. The third kappa shape index (κ3) is 8.31. The third-order valence-corrected chi connectivity index (χ3v) is 9.16. The number of likely N-dealkylation sites (tertiary alicyclic amines) is 1. The number of aromatic nitrogens is 5. The minimum Gasteiger partial charge on any atom is -0.488 e. The molecular weight excluding hydrogens is 683 g/mol. The van der Waals surface area contributed by atoms with Gasteiger partial charge in [-0.1, -0.05) is 62.7 Å². The minimum atomic E-state index is -0.511. The zero-order chi connectivity index (χ0) is 37.8. The quantitative estimate of drug-likeness (QED) is 0.119. The zero-order valence-electron chi connectivity index (χ0n) is 30.7. The summed E-state index contributed by atoms with van der Waals surface area (Å²) in [7, 11) is 0. The predicted octanol–water partition coefficient (Wildman–Crippen LogP) is 7.38. The number of urea groups is 1. The second-order valence-corrected chi connectivity index (χ2v) is 14.4. The molecule has 13 heteroatoms. The van der Waals surface area contributed by atoms with Crippen LogP contribution in [0.15, 0.2) is 97.5 Å². The van der Waals surface area contributed by atoms with Crippen molar-refractivity contribution in [1.29, 1.82) is 0 Å². The van der Waals surface area contributed by atoms with Gasteiger partial charge in [-0.25, -0.2) is 24.4 Å². The number of benzene rings is 3. The molecule has 4 heterocycles. The summed E-state index contributed by atoms with van der Waals surface area (Å²) in [5, 5.41) is 25.6. The van der Waals surface area contributed by atoms with Crippen molar-refractivity contribution in [3.8, 4) is 11.4 Å². The average molecular weight is 726 g/mol. The molecule has 1 fully saturated rings. The molecule has 1 aliphatic rings. The highest BCUT2D eigenvalue weighted by Crippen LogP contribution is 2.33. The van der Waals surface area contributed by atoms with Crippen molar-refractivity contribution in [2.45, 2.75) is 58.7 Å². The lowest BCUT2D eigenvalue weighted by Gasteiger charge is -2.29. The molecule has 3 aromatic carbocycles. The Hall–Kier alpha value is -6.34. The molecule has 0 unspecified atom stereocenters. The number of aliphatic hydroxyl groups is 1. The van der Waals surface area contributed by atoms with E-state index in [1.807, 2.05) is 85.8 Å². The van der Waals surface area contributed by atoms with Crippen LogP contribution < -0.4 is 20.7 Å². The fourth-order valence-corrected chi connectivity index (χ4v) is 6.22. The summed E-state index contributed by atoms with van der Waals surface area (Å²) in [6.07, 6.45) is 5.53. The predicted molar refractivity (Wildman–Crippen MR) is 209 cm³/mol. The van der Waals surface area contributed by atoms with Gasteiger partial charge in [-0.05, 0) is 61.7 Å². The Morgan fingerprint density at radius 3 is 2.44 bits per heavy atom. The van der Waals surface area contributed by atoms with E-state index < -0.39 is 12.1 Å². The average Bonchev–Trinajstić information content (AvgIpc) is 3.59. The van der Waals surface area contributed by atoms with E-state index >= 15 is 0 Å². The van der Waals surface area contributed by atoms with Crippen molar-refractivity contribution in [3.63, 3.8) is 0 Å². The van der Waals surface area contributed by atoms with Crippen LogP contribution in [0.3, 0.4) is 0 Å². The molecule has 4 N–H and O–H groups in total. The van der Waals surface area contributed by atoms with Crippen LogP contribution in [0, 0.1) is 6.92 Å². The number of hydrogen-bond donors (Lipinski definition) is 4. The number of amides is 3. The van der Waals surface area contributed by atoms with Crippen LogP contribution in [-0.2, 0) is 12.0 Å². The Balaban J connectivity index is 1.01. The van der Waals surface area contributed by atoms with Gasteiger partial charge in [-0.15, -0.1) is 0 Å². The van der Waals surface area contributed by atoms with Crippen molar-refractivity contribution in [1.82, 2.24) is 29.6 Å². The van der Waals surface area contributed by atoms with Crippen molar-refractivity contribution >= 4 is 45.9 Å². The van der Waals surface area contributed by atoms with Gasteiger partial charge in [-0.2, -0.15) is 5.10 Å². The van der Waals surface area contributed by atoms with E-state index in [0.29, 0.717) is 48.4 Å². The summed E-state index contributed by atoms with van der Waals surface area (Å²) in [5.74, 6) is 1.94. The standard InChI is InChI=1S/C41H43N9O4/c1-26-11-13-28(14-12-26)50-38(21-35(48-50)41(2,3)4)47-40(53)45-32-15-16-34(31-10-6-5-9-30(31)32)54-25-27-17-18-42-36(20-27)46-37-23-43-33(22-44-37)39(52)49-19-7-8-29(51)24-49/h5-6,9-18,20-23,29,51H,7-8,19,24-25H2,1-4H3,(H,42,44,46)(H2,45,47,53)/t29-/m0/s1. The normalized spacial score (nSPS) is 14.5. The Morgan fingerprint density at radius 1 is 0.907 bits per heavy atom. The molecule has 7 rings (SSSR count). The van der Waals surface area contributed by atoms with Gasteiger partial charge in [0.05, 0.1) is 35.6 Å². The number of nitrogens with one attached hydrogen (secondary N) is 3. The van der Waals surface area contributed by atoms with Gasteiger partial charge >= 0.3 is 6.03 Å². The maximum atomic E-state index is 13.5. The minimum absolute atomic E-state index is 0.216. The SMILES string of the molecule is Cc1ccc(-n2nc(C(C)(C)C)cc2NC(=O)Nc2ccc(OCc3ccnc(Nc4cnc(C(=O)N5CCC[C@H](O)C5)cn4)c3)c3ccccc23)cc1. The first-order valence-corrected chi connectivity index (χ1v) is 17.9. The van der Waals surface area contributed by atoms with Gasteiger partial charge < -0.3 is 25.4 Å². The van der Waals surface area contributed by atoms with Crippen LogP contribution in [0.1, 0.15) is 60.9 Å². The van der Waals surface area contributed by atoms with Crippen LogP contribution in [0.2, 0.25) is 0 Å². The molecule has 3 aromatic heterocycles. The van der Waals surface area contributed by atoms with E-state index in [4.69, 9.17) is 9.84 Å². The van der Waals surface area contributed by atoms with Crippen molar-refractivity contribution < 1.29 is 19.4 Å². The summed E-state index contributed by atoms with van der Waals surface area (Å²) in [4.78, 5) is 40.9. The number of rotatable bonds is 9. The lowest BCUT2D eigenvalue weighted by Crippen LogP contribution is -2.42. The summed E-state index contributed by atoms with van der Waals surface area (Å²) in [5.41, 5.74) is 4.34. The fourth-order valence-electron chi connectivity index (χ4n) is 6.22. The molecule has 0 radical (unpaired) electrons. The molecule has 0 aliphatic carbocycles. The maximum absolute atomic E-state index is 13.5. The topological polar surface area (TPSA) is 159 Å². The summed E-state index contributed by atoms with van der Waals surface area (Å²) in [6, 6.07) is 24.6. The molecule has 13 nitrogen and oxygen atoms in total. The summed E-state index contributed by atoms with van der Waals surface area (Å²) < 4.78 is 8.05. The highest BCUT2D eigenvalue weighted by atomic mass is 16.5. The number of anilines is 4. The van der Waals surface area contributed by atoms with Gasteiger partial charge in [0, 0.05) is 41.5 Å². The molecule has 0 bridgehead atoms. The number of pyridine rings is 1. The smallest absolute Gasteiger partial charge is 0.324 e. The van der Waals surface area contributed by atoms with E-state index in [-0.39, 0.29) is 23.6 Å². The van der Waals surface area contributed by atoms with E-state index in [1.54, 1.807) is 15.8 Å². The van der Waals surface area contributed by atoms with E-state index in [1.165, 1.54) is 12.4 Å². The third-order valence-electron chi connectivity index (χ3n) is 9.16. The molecule has 54 heavy (non-hydrogen) atoms. The van der Waals surface area contributed by atoms with Crippen LogP contribution in [0.4, 0.5) is 27.9 Å². The van der Waals surface area contributed by atoms with Gasteiger partial charge in [0.2, 0.25) is 0 Å². The number of ether oxygens (including phenoxy) is 1. The first-order chi connectivity index (χ1) is 26.0. The molecule has 6 aromatic rings. The Morgan fingerprint density at radius 2 is 1.70 bits per heavy atom. The largest absolute Gasteiger partial charge is 0.488 e. The Bertz CT molecular complexity index is 2280. The van der Waals surface area contributed by atoms with Crippen LogP contribution in [0.25, 0.3) is 16.5 Å². The number of piperidine rings is 1. The number of aliphatic hydroxyl groups excluding tert-OH is 1. The monoisotopic (exact) mass is 725 g/mol. The van der Waals surface area contributed by atoms with Gasteiger partial charge in [-0.3, -0.25) is 10.1 Å². The zero-order valence-corrected chi connectivity index (χ0v) is 30.7. The van der Waals surface area contributed by atoms with Crippen molar-refractivity contribution in [2.24, 2.45) is 0 Å². The first kappa shape index (κ1) is 36.0. The number of carbonyl (C=O) groups is 2. The van der Waals surface area contributed by atoms with Crippen molar-refractivity contribution in [2.75, 3.05) is 29.0 Å². The number of β-amino-alcohol motifs (C(OH)–C–C–N with tert-alkyl or cyclic N) is 1. The molecule has 0 spiro atoms. The molecule has 1 aliphatic heterocycles. The summed E-state index contributed by atoms with van der Waals surface area (Å²) >= 11 is 0. The van der Waals surface area contributed by atoms with Crippen molar-refractivity contribution in [3.05, 3.63) is 120 Å². The lowest BCUT2D eigenvalue weighted by molar-refractivity contribution is 0.0468. The molecule has 1 saturated heterocycles.